The number of amides is 2. The van der Waals surface area contributed by atoms with Crippen molar-refractivity contribution in [3.05, 3.63) is 34.4 Å². The van der Waals surface area contributed by atoms with Crippen LogP contribution in [-0.4, -0.2) is 53.8 Å². The molecule has 0 fully saturated rings. The van der Waals surface area contributed by atoms with Crippen molar-refractivity contribution in [3.63, 3.8) is 0 Å². The fraction of sp³-hybridized carbons (Fsp3) is 0.545. The van der Waals surface area contributed by atoms with E-state index in [2.05, 4.69) is 0 Å². The first-order valence-corrected chi connectivity index (χ1v) is 10.4. The average Bonchev–Trinajstić information content (AvgIpc) is 2.65. The van der Waals surface area contributed by atoms with E-state index >= 15 is 0 Å². The van der Waals surface area contributed by atoms with Crippen molar-refractivity contribution in [2.45, 2.75) is 53.6 Å². The summed E-state index contributed by atoms with van der Waals surface area (Å²) in [7, 11) is 0. The van der Waals surface area contributed by atoms with E-state index in [9.17, 15) is 9.59 Å². The van der Waals surface area contributed by atoms with Crippen molar-refractivity contribution in [2.75, 3.05) is 26.2 Å². The van der Waals surface area contributed by atoms with E-state index in [0.717, 1.165) is 16.7 Å². The molecule has 2 amide bonds. The van der Waals surface area contributed by atoms with Crippen LogP contribution < -0.4 is 4.74 Å². The van der Waals surface area contributed by atoms with Crippen LogP contribution in [0.3, 0.4) is 0 Å². The molecule has 2 rings (SSSR count). The SMILES string of the molecule is CCN(CC)C(=O)Oc1ccc(C)c(Cl)c1C1=CCN(C(=O)OC(C)(C)C)CC1. The molecule has 0 unspecified atom stereocenters. The van der Waals surface area contributed by atoms with Crippen LogP contribution in [0.25, 0.3) is 5.57 Å². The van der Waals surface area contributed by atoms with Crippen LogP contribution in [-0.2, 0) is 4.74 Å². The number of hydrogen-bond acceptors (Lipinski definition) is 4. The molecular formula is C22H31ClN2O4. The normalized spacial score (nSPS) is 14.3. The fourth-order valence-corrected chi connectivity index (χ4v) is 3.35. The molecular weight excluding hydrogens is 392 g/mol. The lowest BCUT2D eigenvalue weighted by atomic mass is 9.97. The van der Waals surface area contributed by atoms with Crippen molar-refractivity contribution < 1.29 is 19.1 Å². The summed E-state index contributed by atoms with van der Waals surface area (Å²) >= 11 is 6.60. The minimum Gasteiger partial charge on any atom is -0.444 e. The van der Waals surface area contributed by atoms with Gasteiger partial charge in [0.1, 0.15) is 11.4 Å². The third kappa shape index (κ3) is 5.89. The Morgan fingerprint density at radius 3 is 2.38 bits per heavy atom. The maximum atomic E-state index is 12.5. The predicted octanol–water partition coefficient (Wildman–Crippen LogP) is 5.51. The molecule has 1 heterocycles. The molecule has 0 saturated heterocycles. The lowest BCUT2D eigenvalue weighted by molar-refractivity contribution is 0.0270. The van der Waals surface area contributed by atoms with Gasteiger partial charge in [-0.3, -0.25) is 0 Å². The molecule has 0 N–H and O–H groups in total. The van der Waals surface area contributed by atoms with Gasteiger partial charge in [0.15, 0.2) is 0 Å². The third-order valence-electron chi connectivity index (χ3n) is 4.70. The number of hydrogen-bond donors (Lipinski definition) is 0. The van der Waals surface area contributed by atoms with Crippen LogP contribution in [0.15, 0.2) is 18.2 Å². The monoisotopic (exact) mass is 422 g/mol. The first-order valence-electron chi connectivity index (χ1n) is 10.0. The van der Waals surface area contributed by atoms with Gasteiger partial charge in [0, 0.05) is 31.7 Å². The van der Waals surface area contributed by atoms with E-state index in [0.29, 0.717) is 43.4 Å². The summed E-state index contributed by atoms with van der Waals surface area (Å²) in [5.41, 5.74) is 2.05. The Morgan fingerprint density at radius 2 is 1.86 bits per heavy atom. The Labute approximate surface area is 178 Å². The van der Waals surface area contributed by atoms with Gasteiger partial charge in [0.05, 0.1) is 5.02 Å². The fourth-order valence-electron chi connectivity index (χ4n) is 3.08. The minimum absolute atomic E-state index is 0.337. The van der Waals surface area contributed by atoms with Crippen LogP contribution >= 0.6 is 11.6 Å². The van der Waals surface area contributed by atoms with Gasteiger partial charge in [0.25, 0.3) is 0 Å². The largest absolute Gasteiger partial charge is 0.444 e. The Hall–Kier alpha value is -2.21. The maximum Gasteiger partial charge on any atom is 0.415 e. The van der Waals surface area contributed by atoms with Crippen molar-refractivity contribution in [1.29, 1.82) is 0 Å². The molecule has 7 heteroatoms. The molecule has 0 aromatic heterocycles. The number of nitrogens with zero attached hydrogens (tertiary/aromatic N) is 2. The number of benzene rings is 1. The van der Waals surface area contributed by atoms with E-state index in [1.807, 2.05) is 53.7 Å². The number of aryl methyl sites for hydroxylation is 1. The van der Waals surface area contributed by atoms with Gasteiger partial charge in [0.2, 0.25) is 0 Å². The molecule has 29 heavy (non-hydrogen) atoms. The van der Waals surface area contributed by atoms with Crippen LogP contribution in [0.2, 0.25) is 5.02 Å². The summed E-state index contributed by atoms with van der Waals surface area (Å²) in [4.78, 5) is 28.0. The van der Waals surface area contributed by atoms with Crippen LogP contribution in [0.1, 0.15) is 52.2 Å². The summed E-state index contributed by atoms with van der Waals surface area (Å²) in [6.07, 6.45) is 1.81. The molecule has 0 radical (unpaired) electrons. The first kappa shape index (κ1) is 23.1. The second-order valence-electron chi connectivity index (χ2n) is 8.02. The predicted molar refractivity (Wildman–Crippen MR) is 116 cm³/mol. The lowest BCUT2D eigenvalue weighted by Gasteiger charge is -2.30. The summed E-state index contributed by atoms with van der Waals surface area (Å²) in [5, 5.41) is 0.562. The molecule has 0 atom stereocenters. The van der Waals surface area contributed by atoms with Gasteiger partial charge in [-0.15, -0.1) is 0 Å². The minimum atomic E-state index is -0.535. The van der Waals surface area contributed by atoms with Crippen molar-refractivity contribution >= 4 is 29.4 Å². The molecule has 6 nitrogen and oxygen atoms in total. The molecule has 1 aromatic carbocycles. The van der Waals surface area contributed by atoms with E-state index in [1.165, 1.54) is 0 Å². The third-order valence-corrected chi connectivity index (χ3v) is 5.18. The maximum absolute atomic E-state index is 12.5. The quantitative estimate of drug-likeness (QED) is 0.641. The standard InChI is InChI=1S/C22H31ClN2O4/c1-7-24(8-2)20(26)28-17-10-9-15(3)19(23)18(17)16-11-13-25(14-12-16)21(27)29-22(4,5)6/h9-11H,7-8,12-14H2,1-6H3. The van der Waals surface area contributed by atoms with Crippen LogP contribution in [0.4, 0.5) is 9.59 Å². The van der Waals surface area contributed by atoms with Gasteiger partial charge < -0.3 is 19.3 Å². The molecule has 0 bridgehead atoms. The van der Waals surface area contributed by atoms with E-state index in [-0.39, 0.29) is 6.09 Å². The van der Waals surface area contributed by atoms with Crippen molar-refractivity contribution in [1.82, 2.24) is 9.80 Å². The summed E-state index contributed by atoms with van der Waals surface area (Å²) < 4.78 is 11.1. The van der Waals surface area contributed by atoms with Gasteiger partial charge >= 0.3 is 12.2 Å². The summed E-state index contributed by atoms with van der Waals surface area (Å²) in [6.45, 7) is 13.3. The lowest BCUT2D eigenvalue weighted by Crippen LogP contribution is -2.39. The second-order valence-corrected chi connectivity index (χ2v) is 8.39. The van der Waals surface area contributed by atoms with Gasteiger partial charge in [-0.2, -0.15) is 0 Å². The molecule has 0 saturated carbocycles. The zero-order valence-electron chi connectivity index (χ0n) is 18.2. The van der Waals surface area contributed by atoms with E-state index in [4.69, 9.17) is 21.1 Å². The Morgan fingerprint density at radius 1 is 1.21 bits per heavy atom. The highest BCUT2D eigenvalue weighted by Crippen LogP contribution is 2.38. The highest BCUT2D eigenvalue weighted by molar-refractivity contribution is 6.33. The molecule has 0 spiro atoms. The summed E-state index contributed by atoms with van der Waals surface area (Å²) in [6, 6.07) is 3.62. The molecule has 0 aliphatic carbocycles. The smallest absolute Gasteiger partial charge is 0.415 e. The highest BCUT2D eigenvalue weighted by atomic mass is 35.5. The van der Waals surface area contributed by atoms with Crippen molar-refractivity contribution in [2.24, 2.45) is 0 Å². The van der Waals surface area contributed by atoms with E-state index < -0.39 is 11.7 Å². The summed E-state index contributed by atoms with van der Waals surface area (Å²) in [5.74, 6) is 0.439. The molecule has 1 aliphatic heterocycles. The topological polar surface area (TPSA) is 59.1 Å². The number of rotatable bonds is 4. The van der Waals surface area contributed by atoms with Crippen LogP contribution in [0.5, 0.6) is 5.75 Å². The first-order chi connectivity index (χ1) is 13.6. The highest BCUT2D eigenvalue weighted by Gasteiger charge is 2.26. The van der Waals surface area contributed by atoms with Crippen LogP contribution in [0, 0.1) is 6.92 Å². The Kier molecular flexibility index (Phi) is 7.58. The van der Waals surface area contributed by atoms with Gasteiger partial charge in [-0.05, 0) is 65.2 Å². The molecule has 160 valence electrons. The number of carbonyl (C=O) groups is 2. The van der Waals surface area contributed by atoms with Crippen molar-refractivity contribution in [3.8, 4) is 5.75 Å². The average molecular weight is 423 g/mol. The van der Waals surface area contributed by atoms with Gasteiger partial charge in [-0.1, -0.05) is 23.7 Å². The second kappa shape index (κ2) is 9.53. The number of ether oxygens (including phenoxy) is 2. The van der Waals surface area contributed by atoms with E-state index in [1.54, 1.807) is 15.9 Å². The Balaban J connectivity index is 2.27. The zero-order valence-corrected chi connectivity index (χ0v) is 18.9. The number of carbonyl (C=O) groups excluding carboxylic acids is 2. The number of halogens is 1. The molecule has 1 aromatic rings. The van der Waals surface area contributed by atoms with Gasteiger partial charge in [-0.25, -0.2) is 9.59 Å². The molecule has 1 aliphatic rings. The zero-order chi connectivity index (χ0) is 21.8. The Bertz CT molecular complexity index is 795.